The molecule has 10 aromatic carbocycles. The van der Waals surface area contributed by atoms with Gasteiger partial charge in [0, 0.05) is 74.2 Å². The third kappa shape index (κ3) is 5.29. The largest absolute Gasteiger partial charge is 0.456 e. The molecule has 3 aromatic heterocycles. The van der Waals surface area contributed by atoms with E-state index in [-0.39, 0.29) is 6.71 Å². The van der Waals surface area contributed by atoms with Gasteiger partial charge in [-0.1, -0.05) is 127 Å². The Morgan fingerprint density at radius 3 is 1.58 bits per heavy atom. The van der Waals surface area contributed by atoms with Gasteiger partial charge in [-0.2, -0.15) is 0 Å². The highest BCUT2D eigenvalue weighted by atomic mass is 32.1. The molecule has 0 N–H and O–H groups in total. The van der Waals surface area contributed by atoms with Crippen molar-refractivity contribution in [2.24, 2.45) is 0 Å². The molecule has 67 heavy (non-hydrogen) atoms. The van der Waals surface area contributed by atoms with Crippen LogP contribution in [-0.2, 0) is 0 Å². The van der Waals surface area contributed by atoms with Crippen molar-refractivity contribution in [1.29, 1.82) is 0 Å². The molecule has 0 amide bonds. The van der Waals surface area contributed by atoms with E-state index >= 15 is 0 Å². The minimum Gasteiger partial charge on any atom is -0.456 e. The van der Waals surface area contributed by atoms with Crippen molar-refractivity contribution in [2.75, 3.05) is 14.7 Å². The Morgan fingerprint density at radius 2 is 0.910 bits per heavy atom. The highest BCUT2D eigenvalue weighted by Crippen LogP contribution is 2.53. The summed E-state index contributed by atoms with van der Waals surface area (Å²) in [7, 11) is 0. The molecule has 7 heteroatoms. The van der Waals surface area contributed by atoms with E-state index in [4.69, 9.17) is 4.42 Å². The summed E-state index contributed by atoms with van der Waals surface area (Å²) in [6.45, 7) is -0.0977. The van der Waals surface area contributed by atoms with Crippen molar-refractivity contribution in [2.45, 2.75) is 0 Å². The van der Waals surface area contributed by atoms with Crippen LogP contribution in [0.3, 0.4) is 0 Å². The van der Waals surface area contributed by atoms with E-state index in [1.165, 1.54) is 62.4 Å². The van der Waals surface area contributed by atoms with Gasteiger partial charge in [-0.15, -0.1) is 22.7 Å². The first kappa shape index (κ1) is 37.2. The summed E-state index contributed by atoms with van der Waals surface area (Å²) in [4.78, 5) is 7.62. The molecule has 15 rings (SSSR count). The highest BCUT2D eigenvalue weighted by Gasteiger charge is 2.46. The lowest BCUT2D eigenvalue weighted by molar-refractivity contribution is 0.669. The van der Waals surface area contributed by atoms with Crippen LogP contribution in [0.1, 0.15) is 0 Å². The first-order valence-corrected chi connectivity index (χ1v) is 24.4. The summed E-state index contributed by atoms with van der Waals surface area (Å²) in [6, 6.07) is 80.3. The predicted molar refractivity (Wildman–Crippen MR) is 288 cm³/mol. The summed E-state index contributed by atoms with van der Waals surface area (Å²) in [6.07, 6.45) is 0. The number of rotatable bonds is 5. The summed E-state index contributed by atoms with van der Waals surface area (Å²) in [5.74, 6) is 0. The number of fused-ring (bicyclic) bond motifs is 15. The first-order chi connectivity index (χ1) is 33.3. The van der Waals surface area contributed by atoms with E-state index in [1.807, 2.05) is 22.7 Å². The monoisotopic (exact) mass is 889 g/mol. The molecular formula is C60H36BN3OS2. The van der Waals surface area contributed by atoms with Crippen molar-refractivity contribution in [3.63, 3.8) is 0 Å². The Labute approximate surface area is 394 Å². The molecule has 312 valence electrons. The van der Waals surface area contributed by atoms with Crippen LogP contribution in [0.25, 0.3) is 62.3 Å². The molecular weight excluding hydrogens is 854 g/mol. The molecule has 0 fully saturated rings. The topological polar surface area (TPSA) is 22.9 Å². The molecule has 4 nitrogen and oxygen atoms in total. The molecule has 0 bridgehead atoms. The van der Waals surface area contributed by atoms with E-state index in [0.717, 1.165) is 67.4 Å². The van der Waals surface area contributed by atoms with Gasteiger partial charge in [-0.3, -0.25) is 0 Å². The van der Waals surface area contributed by atoms with Gasteiger partial charge in [0.15, 0.2) is 0 Å². The van der Waals surface area contributed by atoms with E-state index in [2.05, 4.69) is 233 Å². The number of para-hydroxylation sites is 4. The maximum Gasteiger partial charge on any atom is 0.252 e. The van der Waals surface area contributed by atoms with Gasteiger partial charge in [-0.05, 0) is 107 Å². The van der Waals surface area contributed by atoms with Gasteiger partial charge in [0.25, 0.3) is 6.71 Å². The molecule has 0 saturated carbocycles. The van der Waals surface area contributed by atoms with Gasteiger partial charge >= 0.3 is 0 Å². The van der Waals surface area contributed by atoms with Gasteiger partial charge in [-0.25, -0.2) is 0 Å². The Bertz CT molecular complexity index is 3960. The van der Waals surface area contributed by atoms with Crippen molar-refractivity contribution < 1.29 is 4.42 Å². The van der Waals surface area contributed by atoms with Crippen molar-refractivity contribution >= 4 is 159 Å². The molecule has 0 spiro atoms. The number of thiophene rings is 2. The Balaban J connectivity index is 1.14. The van der Waals surface area contributed by atoms with Crippen LogP contribution in [0.2, 0.25) is 0 Å². The third-order valence-corrected chi connectivity index (χ3v) is 16.3. The van der Waals surface area contributed by atoms with Crippen LogP contribution >= 0.6 is 22.7 Å². The zero-order valence-electron chi connectivity index (χ0n) is 35.9. The van der Waals surface area contributed by atoms with Gasteiger partial charge in [0.2, 0.25) is 0 Å². The van der Waals surface area contributed by atoms with Crippen LogP contribution in [0, 0.1) is 0 Å². The molecule has 13 aromatic rings. The standard InChI is InChI=1S/C60H36BN3OS2/c1-4-17-37(18-5-1)62(46-26-16-30-53-55(46)42-24-11-14-28-51(42)66-53)40-35-47-58-48(36-40)64(39-21-8-3-9-22-39)60-45(32-34-54-57(60)43-25-12-15-29-52(43)67-54)61(58)44-31-33-50-56(41-23-10-13-27-49(41)65-50)59(44)63(47)38-19-6-2-7-20-38/h1-36H. The second kappa shape index (κ2) is 14.2. The lowest BCUT2D eigenvalue weighted by Crippen LogP contribution is -2.61. The quantitative estimate of drug-likeness (QED) is 0.161. The fraction of sp³-hybridized carbons (Fsp3) is 0. The molecule has 0 unspecified atom stereocenters. The van der Waals surface area contributed by atoms with Gasteiger partial charge < -0.3 is 19.1 Å². The number of hydrogen-bond donors (Lipinski definition) is 0. The number of furan rings is 1. The molecule has 0 saturated heterocycles. The van der Waals surface area contributed by atoms with Crippen LogP contribution in [0.4, 0.5) is 51.2 Å². The van der Waals surface area contributed by atoms with E-state index in [9.17, 15) is 0 Å². The summed E-state index contributed by atoms with van der Waals surface area (Å²) >= 11 is 3.74. The van der Waals surface area contributed by atoms with Crippen LogP contribution < -0.4 is 31.1 Å². The van der Waals surface area contributed by atoms with E-state index in [1.54, 1.807) is 0 Å². The number of benzene rings is 10. The second-order valence-electron chi connectivity index (χ2n) is 17.5. The number of nitrogens with zero attached hydrogens (tertiary/aromatic N) is 3. The molecule has 2 aliphatic heterocycles. The van der Waals surface area contributed by atoms with Crippen LogP contribution in [-0.4, -0.2) is 6.71 Å². The van der Waals surface area contributed by atoms with Crippen molar-refractivity contribution in [3.05, 3.63) is 218 Å². The normalized spacial score (nSPS) is 13.0. The van der Waals surface area contributed by atoms with Gasteiger partial charge in [0.05, 0.1) is 28.1 Å². The molecule has 0 radical (unpaired) electrons. The van der Waals surface area contributed by atoms with Crippen LogP contribution in [0.5, 0.6) is 0 Å². The van der Waals surface area contributed by atoms with Crippen LogP contribution in [0.15, 0.2) is 223 Å². The Morgan fingerprint density at radius 1 is 0.388 bits per heavy atom. The molecule has 0 atom stereocenters. The predicted octanol–water partition coefficient (Wildman–Crippen LogP) is 15.9. The van der Waals surface area contributed by atoms with Gasteiger partial charge in [0.1, 0.15) is 11.2 Å². The summed E-state index contributed by atoms with van der Waals surface area (Å²) in [5.41, 5.74) is 15.8. The van der Waals surface area contributed by atoms with E-state index in [0.29, 0.717) is 0 Å². The fourth-order valence-electron chi connectivity index (χ4n) is 11.3. The third-order valence-electron chi connectivity index (χ3n) is 14.0. The second-order valence-corrected chi connectivity index (χ2v) is 19.7. The molecule has 0 aliphatic carbocycles. The Kier molecular flexibility index (Phi) is 7.88. The molecule has 5 heterocycles. The summed E-state index contributed by atoms with van der Waals surface area (Å²) in [5, 5.41) is 7.32. The number of anilines is 9. The average molecular weight is 890 g/mol. The maximum absolute atomic E-state index is 6.74. The lowest BCUT2D eigenvalue weighted by atomic mass is 9.33. The van der Waals surface area contributed by atoms with E-state index < -0.39 is 0 Å². The maximum atomic E-state index is 6.74. The number of hydrogen-bond acceptors (Lipinski definition) is 6. The minimum atomic E-state index is -0.0977. The smallest absolute Gasteiger partial charge is 0.252 e. The average Bonchev–Trinajstić information content (AvgIpc) is 4.09. The molecule has 2 aliphatic rings. The zero-order valence-corrected chi connectivity index (χ0v) is 37.6. The highest BCUT2D eigenvalue weighted by molar-refractivity contribution is 7.26. The zero-order chi connectivity index (χ0) is 43.7. The minimum absolute atomic E-state index is 0.0977. The van der Waals surface area contributed by atoms with Crippen molar-refractivity contribution in [1.82, 2.24) is 0 Å². The van der Waals surface area contributed by atoms with Crippen molar-refractivity contribution in [3.8, 4) is 0 Å². The Hall–Kier alpha value is -8.10. The summed E-state index contributed by atoms with van der Waals surface area (Å²) < 4.78 is 11.9. The lowest BCUT2D eigenvalue weighted by Gasteiger charge is -2.45. The fourth-order valence-corrected chi connectivity index (χ4v) is 13.6. The SMILES string of the molecule is c1ccc(N2c3cc(N(c4ccccc4)c4cccc5sc6ccccc6c45)cc4c3B(c3ccc5oc6ccccc6c5c32)c2ccc3sc5ccccc5c3c2N4c2ccccc2)cc1. The first-order valence-electron chi connectivity index (χ1n) is 22.8.